The third kappa shape index (κ3) is 2.37. The van der Waals surface area contributed by atoms with Crippen LogP contribution in [0.1, 0.15) is 45.4 Å². The molecule has 0 aromatic carbocycles. The number of aromatic nitrogens is 3. The number of H-pyrrole nitrogens is 1. The number of nitrogens with two attached hydrogens (primary N) is 1. The van der Waals surface area contributed by atoms with Crippen LogP contribution in [0.15, 0.2) is 30.6 Å². The number of hydrogen-bond acceptors (Lipinski definition) is 4. The summed E-state index contributed by atoms with van der Waals surface area (Å²) in [5.74, 6) is -0.695. The first-order valence-corrected chi connectivity index (χ1v) is 6.73. The molecule has 0 aliphatic carbocycles. The molecule has 1 atom stereocenters. The zero-order valence-electron chi connectivity index (χ0n) is 11.3. The minimum Gasteiger partial charge on any atom is -0.365 e. The molecule has 2 aromatic rings. The molecule has 0 unspecified atom stereocenters. The highest BCUT2D eigenvalue weighted by Gasteiger charge is 2.34. The third-order valence-corrected chi connectivity index (χ3v) is 3.67. The largest absolute Gasteiger partial charge is 0.365 e. The van der Waals surface area contributed by atoms with Gasteiger partial charge in [0, 0.05) is 12.7 Å². The lowest BCUT2D eigenvalue weighted by Gasteiger charge is -2.24. The lowest BCUT2D eigenvalue weighted by atomic mass is 10.1. The third-order valence-electron chi connectivity index (χ3n) is 3.67. The van der Waals surface area contributed by atoms with Crippen LogP contribution >= 0.6 is 0 Å². The Hall–Kier alpha value is -2.70. The van der Waals surface area contributed by atoms with Crippen molar-refractivity contribution in [2.24, 2.45) is 5.73 Å². The molecule has 7 heteroatoms. The van der Waals surface area contributed by atoms with Crippen molar-refractivity contribution in [3.8, 4) is 0 Å². The minimum absolute atomic E-state index is 0.150. The van der Waals surface area contributed by atoms with Crippen LogP contribution in [0.3, 0.4) is 0 Å². The van der Waals surface area contributed by atoms with Crippen molar-refractivity contribution in [1.82, 2.24) is 20.1 Å². The number of amides is 2. The van der Waals surface area contributed by atoms with Crippen LogP contribution in [0.4, 0.5) is 0 Å². The van der Waals surface area contributed by atoms with Crippen LogP contribution in [0.25, 0.3) is 0 Å². The Morgan fingerprint density at radius 3 is 2.95 bits per heavy atom. The summed E-state index contributed by atoms with van der Waals surface area (Å²) in [6.45, 7) is 0.622. The van der Waals surface area contributed by atoms with Gasteiger partial charge in [0.05, 0.1) is 23.5 Å². The molecule has 0 radical (unpaired) electrons. The quantitative estimate of drug-likeness (QED) is 0.873. The zero-order valence-corrected chi connectivity index (χ0v) is 11.3. The van der Waals surface area contributed by atoms with Crippen LogP contribution < -0.4 is 5.73 Å². The first-order chi connectivity index (χ1) is 10.2. The van der Waals surface area contributed by atoms with E-state index in [9.17, 15) is 9.59 Å². The van der Waals surface area contributed by atoms with Gasteiger partial charge in [0.25, 0.3) is 11.8 Å². The molecule has 1 saturated heterocycles. The van der Waals surface area contributed by atoms with Gasteiger partial charge in [-0.15, -0.1) is 0 Å². The maximum Gasteiger partial charge on any atom is 0.273 e. The van der Waals surface area contributed by atoms with Gasteiger partial charge in [0.2, 0.25) is 0 Å². The van der Waals surface area contributed by atoms with E-state index in [2.05, 4.69) is 15.2 Å². The van der Waals surface area contributed by atoms with Gasteiger partial charge < -0.3 is 10.6 Å². The molecular formula is C14H15N5O2. The number of nitrogens with one attached hydrogen (secondary N) is 1. The van der Waals surface area contributed by atoms with Gasteiger partial charge >= 0.3 is 0 Å². The van der Waals surface area contributed by atoms with Crippen molar-refractivity contribution in [3.05, 3.63) is 47.5 Å². The molecule has 3 N–H and O–H groups in total. The number of carbonyl (C=O) groups is 2. The Labute approximate surface area is 121 Å². The molecule has 0 saturated carbocycles. The highest BCUT2D eigenvalue weighted by molar-refractivity contribution is 5.95. The number of carbonyl (C=O) groups excluding carboxylic acids is 2. The predicted molar refractivity (Wildman–Crippen MR) is 74.4 cm³/mol. The average Bonchev–Trinajstić information content (AvgIpc) is 3.15. The Kier molecular flexibility index (Phi) is 3.39. The van der Waals surface area contributed by atoms with Crippen LogP contribution in [0, 0.1) is 0 Å². The number of rotatable bonds is 3. The van der Waals surface area contributed by atoms with E-state index in [0.717, 1.165) is 12.8 Å². The Morgan fingerprint density at radius 1 is 1.38 bits per heavy atom. The summed E-state index contributed by atoms with van der Waals surface area (Å²) in [4.78, 5) is 29.8. The van der Waals surface area contributed by atoms with Crippen LogP contribution in [-0.2, 0) is 0 Å². The Bertz CT molecular complexity index is 667. The van der Waals surface area contributed by atoms with E-state index in [4.69, 9.17) is 5.73 Å². The van der Waals surface area contributed by atoms with Crippen molar-refractivity contribution in [2.45, 2.75) is 18.9 Å². The Morgan fingerprint density at radius 2 is 2.24 bits per heavy atom. The molecule has 3 rings (SSSR count). The fourth-order valence-electron chi connectivity index (χ4n) is 2.69. The molecule has 1 fully saturated rings. The second-order valence-electron chi connectivity index (χ2n) is 4.93. The monoisotopic (exact) mass is 285 g/mol. The van der Waals surface area contributed by atoms with E-state index in [-0.39, 0.29) is 11.9 Å². The number of nitrogens with zero attached hydrogens (tertiary/aromatic N) is 3. The number of pyridine rings is 1. The highest BCUT2D eigenvalue weighted by Crippen LogP contribution is 2.33. The van der Waals surface area contributed by atoms with Crippen molar-refractivity contribution in [1.29, 1.82) is 0 Å². The molecule has 21 heavy (non-hydrogen) atoms. The van der Waals surface area contributed by atoms with Gasteiger partial charge in [-0.25, -0.2) is 0 Å². The van der Waals surface area contributed by atoms with Crippen molar-refractivity contribution >= 4 is 11.8 Å². The molecule has 1 aliphatic heterocycles. The van der Waals surface area contributed by atoms with Gasteiger partial charge in [-0.1, -0.05) is 6.07 Å². The normalized spacial score (nSPS) is 17.9. The maximum atomic E-state index is 12.5. The molecule has 2 amide bonds. The van der Waals surface area contributed by atoms with Crippen molar-refractivity contribution in [3.63, 3.8) is 0 Å². The number of primary amides is 1. The topological polar surface area (TPSA) is 105 Å². The number of hydrogen-bond donors (Lipinski definition) is 2. The molecule has 1 aliphatic rings. The van der Waals surface area contributed by atoms with Gasteiger partial charge in [-0.2, -0.15) is 5.10 Å². The molecule has 3 heterocycles. The van der Waals surface area contributed by atoms with Gasteiger partial charge in [0.15, 0.2) is 0 Å². The second kappa shape index (κ2) is 5.35. The Balaban J connectivity index is 1.91. The summed E-state index contributed by atoms with van der Waals surface area (Å²) < 4.78 is 0. The van der Waals surface area contributed by atoms with E-state index in [1.54, 1.807) is 29.3 Å². The summed E-state index contributed by atoms with van der Waals surface area (Å²) in [5, 5.41) is 6.68. The fraction of sp³-hybridized carbons (Fsp3) is 0.286. The molecule has 108 valence electrons. The minimum atomic E-state index is -0.545. The lowest BCUT2D eigenvalue weighted by molar-refractivity contribution is 0.0724. The van der Waals surface area contributed by atoms with E-state index < -0.39 is 5.91 Å². The summed E-state index contributed by atoms with van der Waals surface area (Å²) in [6.07, 6.45) is 4.62. The number of likely N-dealkylation sites (tertiary alicyclic amines) is 1. The van der Waals surface area contributed by atoms with E-state index in [1.807, 2.05) is 0 Å². The fourth-order valence-corrected chi connectivity index (χ4v) is 2.69. The smallest absolute Gasteiger partial charge is 0.273 e. The summed E-state index contributed by atoms with van der Waals surface area (Å²) in [7, 11) is 0. The van der Waals surface area contributed by atoms with E-state index in [1.165, 1.54) is 6.20 Å². The predicted octanol–water partition coefficient (Wildman–Crippen LogP) is 0.881. The second-order valence-corrected chi connectivity index (χ2v) is 4.93. The van der Waals surface area contributed by atoms with Crippen molar-refractivity contribution in [2.75, 3.05) is 6.54 Å². The van der Waals surface area contributed by atoms with Crippen LogP contribution in [0.2, 0.25) is 0 Å². The zero-order chi connectivity index (χ0) is 14.8. The van der Waals surface area contributed by atoms with E-state index >= 15 is 0 Å². The first kappa shape index (κ1) is 13.3. The molecule has 0 spiro atoms. The molecular weight excluding hydrogens is 270 g/mol. The summed E-state index contributed by atoms with van der Waals surface area (Å²) in [6, 6.07) is 5.00. The lowest BCUT2D eigenvalue weighted by Crippen LogP contribution is -2.32. The number of aromatic amines is 1. The molecule has 0 bridgehead atoms. The van der Waals surface area contributed by atoms with Crippen LogP contribution in [0.5, 0.6) is 0 Å². The van der Waals surface area contributed by atoms with E-state index in [0.29, 0.717) is 23.5 Å². The van der Waals surface area contributed by atoms with Gasteiger partial charge in [0.1, 0.15) is 5.69 Å². The van der Waals surface area contributed by atoms with Crippen molar-refractivity contribution < 1.29 is 9.59 Å². The first-order valence-electron chi connectivity index (χ1n) is 6.73. The summed E-state index contributed by atoms with van der Waals surface area (Å²) in [5.41, 5.74) is 6.67. The molecule has 2 aromatic heterocycles. The van der Waals surface area contributed by atoms with Gasteiger partial charge in [-0.3, -0.25) is 19.7 Å². The highest BCUT2D eigenvalue weighted by atomic mass is 16.2. The average molecular weight is 285 g/mol. The SMILES string of the molecule is NC(=O)c1cn[nH]c1[C@H]1CCCN1C(=O)c1ccccn1. The summed E-state index contributed by atoms with van der Waals surface area (Å²) >= 11 is 0. The maximum absolute atomic E-state index is 12.5. The van der Waals surface area contributed by atoms with Gasteiger partial charge in [-0.05, 0) is 25.0 Å². The van der Waals surface area contributed by atoms with Crippen LogP contribution in [-0.4, -0.2) is 38.4 Å². The molecule has 7 nitrogen and oxygen atoms in total. The standard InChI is InChI=1S/C14H15N5O2/c15-13(20)9-8-17-18-12(9)11-5-3-7-19(11)14(21)10-4-1-2-6-16-10/h1-2,4,6,8,11H,3,5,7H2,(H2,15,20)(H,17,18)/t11-/m1/s1.